The lowest BCUT2D eigenvalue weighted by Gasteiger charge is -1.99. The Labute approximate surface area is 101 Å². The highest BCUT2D eigenvalue weighted by Gasteiger charge is 1.97. The molecule has 1 heterocycles. The van der Waals surface area contributed by atoms with Gasteiger partial charge in [-0.15, -0.1) is 0 Å². The minimum absolute atomic E-state index is 0.771. The van der Waals surface area contributed by atoms with E-state index in [2.05, 4.69) is 20.9 Å². The van der Waals surface area contributed by atoms with E-state index >= 15 is 0 Å². The molecule has 1 aromatic heterocycles. The van der Waals surface area contributed by atoms with Crippen LogP contribution in [0.25, 0.3) is 17.0 Å². The number of fused-ring (bicyclic) bond motifs is 1. The zero-order valence-corrected chi connectivity index (χ0v) is 9.81. The highest BCUT2D eigenvalue weighted by molar-refractivity contribution is 9.10. The van der Waals surface area contributed by atoms with Crippen LogP contribution < -0.4 is 0 Å². The van der Waals surface area contributed by atoms with Crippen LogP contribution in [0.15, 0.2) is 41.0 Å². The number of aromatic nitrogens is 1. The third-order valence-corrected chi connectivity index (χ3v) is 2.58. The summed E-state index contributed by atoms with van der Waals surface area (Å²) in [6.45, 7) is 0. The van der Waals surface area contributed by atoms with Gasteiger partial charge in [0.1, 0.15) is 0 Å². The Kier molecular flexibility index (Phi) is 3.01. The van der Waals surface area contributed by atoms with Crippen molar-refractivity contribution in [3.8, 4) is 0 Å². The summed E-state index contributed by atoms with van der Waals surface area (Å²) in [7, 11) is 0. The summed E-state index contributed by atoms with van der Waals surface area (Å²) < 4.78 is 0.973. The standard InChI is InChI=1S/C12H8BrNO2/c13-10-2-3-11-9(6-10)5-8(7-14-11)1-4-12(15)16/h1-7H,(H,15,16). The highest BCUT2D eigenvalue weighted by atomic mass is 79.9. The molecular formula is C12H8BrNO2. The Balaban J connectivity index is 2.46. The Morgan fingerprint density at radius 1 is 1.38 bits per heavy atom. The van der Waals surface area contributed by atoms with Crippen LogP contribution in [0.5, 0.6) is 0 Å². The summed E-state index contributed by atoms with van der Waals surface area (Å²) >= 11 is 3.38. The minimum atomic E-state index is -0.964. The van der Waals surface area contributed by atoms with E-state index in [1.807, 2.05) is 24.3 Å². The summed E-state index contributed by atoms with van der Waals surface area (Å²) in [5.41, 5.74) is 1.66. The monoisotopic (exact) mass is 277 g/mol. The molecule has 80 valence electrons. The van der Waals surface area contributed by atoms with Crippen LogP contribution in [0, 0.1) is 0 Å². The number of rotatable bonds is 2. The van der Waals surface area contributed by atoms with Gasteiger partial charge in [-0.1, -0.05) is 15.9 Å². The summed E-state index contributed by atoms with van der Waals surface area (Å²) in [4.78, 5) is 14.6. The lowest BCUT2D eigenvalue weighted by Crippen LogP contribution is -1.86. The molecule has 16 heavy (non-hydrogen) atoms. The highest BCUT2D eigenvalue weighted by Crippen LogP contribution is 2.19. The predicted molar refractivity (Wildman–Crippen MR) is 66.1 cm³/mol. The van der Waals surface area contributed by atoms with Crippen LogP contribution in [0.3, 0.4) is 0 Å². The first-order valence-electron chi connectivity index (χ1n) is 4.61. The number of nitrogens with zero attached hydrogens (tertiary/aromatic N) is 1. The van der Waals surface area contributed by atoms with E-state index in [0.29, 0.717) is 0 Å². The lowest BCUT2D eigenvalue weighted by molar-refractivity contribution is -0.131. The van der Waals surface area contributed by atoms with Crippen molar-refractivity contribution in [3.05, 3.63) is 46.6 Å². The number of aliphatic carboxylic acids is 1. The van der Waals surface area contributed by atoms with Gasteiger partial charge in [-0.25, -0.2) is 4.79 Å². The van der Waals surface area contributed by atoms with Crippen molar-refractivity contribution >= 4 is 38.9 Å². The first-order chi connectivity index (χ1) is 7.65. The summed E-state index contributed by atoms with van der Waals surface area (Å²) in [5, 5.41) is 9.49. The van der Waals surface area contributed by atoms with Crippen molar-refractivity contribution in [2.24, 2.45) is 0 Å². The SMILES string of the molecule is O=C(O)C=Cc1cnc2ccc(Br)cc2c1. The molecule has 1 N–H and O–H groups in total. The van der Waals surface area contributed by atoms with Gasteiger partial charge in [0, 0.05) is 22.1 Å². The van der Waals surface area contributed by atoms with Crippen LogP contribution >= 0.6 is 15.9 Å². The van der Waals surface area contributed by atoms with Gasteiger partial charge in [-0.05, 0) is 35.9 Å². The molecule has 0 amide bonds. The minimum Gasteiger partial charge on any atom is -0.478 e. The summed E-state index contributed by atoms with van der Waals surface area (Å²) in [5.74, 6) is -0.964. The topological polar surface area (TPSA) is 50.2 Å². The zero-order valence-electron chi connectivity index (χ0n) is 8.22. The Morgan fingerprint density at radius 3 is 2.94 bits per heavy atom. The van der Waals surface area contributed by atoms with Crippen molar-refractivity contribution in [3.63, 3.8) is 0 Å². The maximum Gasteiger partial charge on any atom is 0.328 e. The molecule has 0 spiro atoms. The van der Waals surface area contributed by atoms with E-state index in [4.69, 9.17) is 5.11 Å². The fourth-order valence-electron chi connectivity index (χ4n) is 1.38. The first-order valence-corrected chi connectivity index (χ1v) is 5.41. The molecule has 2 rings (SSSR count). The van der Waals surface area contributed by atoms with Gasteiger partial charge in [0.25, 0.3) is 0 Å². The summed E-state index contributed by atoms with van der Waals surface area (Å²) in [6, 6.07) is 7.67. The van der Waals surface area contributed by atoms with E-state index in [9.17, 15) is 4.79 Å². The number of carboxylic acids is 1. The van der Waals surface area contributed by atoms with Crippen LogP contribution in [-0.4, -0.2) is 16.1 Å². The second-order valence-corrected chi connectivity index (χ2v) is 4.19. The molecule has 2 aromatic rings. The predicted octanol–water partition coefficient (Wildman–Crippen LogP) is 3.10. The molecule has 3 nitrogen and oxygen atoms in total. The number of halogens is 1. The third kappa shape index (κ3) is 2.46. The van der Waals surface area contributed by atoms with Gasteiger partial charge < -0.3 is 5.11 Å². The molecule has 0 fully saturated rings. The fourth-order valence-corrected chi connectivity index (χ4v) is 1.76. The molecule has 0 bridgehead atoms. The molecule has 1 aromatic carbocycles. The number of hydrogen-bond acceptors (Lipinski definition) is 2. The third-order valence-electron chi connectivity index (χ3n) is 2.08. The molecule has 0 aliphatic carbocycles. The number of pyridine rings is 1. The van der Waals surface area contributed by atoms with Crippen molar-refractivity contribution in [1.82, 2.24) is 4.98 Å². The van der Waals surface area contributed by atoms with Gasteiger partial charge in [0.2, 0.25) is 0 Å². The van der Waals surface area contributed by atoms with Crippen LogP contribution in [0.1, 0.15) is 5.56 Å². The van der Waals surface area contributed by atoms with E-state index in [-0.39, 0.29) is 0 Å². The van der Waals surface area contributed by atoms with Gasteiger partial charge in [0.15, 0.2) is 0 Å². The van der Waals surface area contributed by atoms with Crippen LogP contribution in [0.2, 0.25) is 0 Å². The molecular weight excluding hydrogens is 270 g/mol. The zero-order chi connectivity index (χ0) is 11.5. The van der Waals surface area contributed by atoms with Gasteiger partial charge in [0.05, 0.1) is 5.52 Å². The quantitative estimate of drug-likeness (QED) is 0.859. The van der Waals surface area contributed by atoms with Crippen molar-refractivity contribution < 1.29 is 9.90 Å². The molecule has 0 aliphatic rings. The van der Waals surface area contributed by atoms with Crippen molar-refractivity contribution in [2.45, 2.75) is 0 Å². The molecule has 0 unspecified atom stereocenters. The number of benzene rings is 1. The lowest BCUT2D eigenvalue weighted by atomic mass is 10.1. The van der Waals surface area contributed by atoms with E-state index in [1.165, 1.54) is 6.08 Å². The molecule has 0 aliphatic heterocycles. The Bertz CT molecular complexity index is 578. The Hall–Kier alpha value is -1.68. The number of carbonyl (C=O) groups is 1. The normalized spacial score (nSPS) is 11.1. The number of carboxylic acid groups (broad SMARTS) is 1. The smallest absolute Gasteiger partial charge is 0.328 e. The average molecular weight is 278 g/mol. The average Bonchev–Trinajstić information content (AvgIpc) is 2.25. The van der Waals surface area contributed by atoms with Crippen LogP contribution in [-0.2, 0) is 4.79 Å². The van der Waals surface area contributed by atoms with Crippen LogP contribution in [0.4, 0.5) is 0 Å². The Morgan fingerprint density at radius 2 is 2.19 bits per heavy atom. The van der Waals surface area contributed by atoms with Gasteiger partial charge in [-0.3, -0.25) is 4.98 Å². The molecule has 4 heteroatoms. The van der Waals surface area contributed by atoms with Gasteiger partial charge >= 0.3 is 5.97 Å². The molecule has 0 radical (unpaired) electrons. The van der Waals surface area contributed by atoms with Gasteiger partial charge in [-0.2, -0.15) is 0 Å². The second kappa shape index (κ2) is 4.45. The van der Waals surface area contributed by atoms with Crippen molar-refractivity contribution in [2.75, 3.05) is 0 Å². The summed E-state index contributed by atoms with van der Waals surface area (Å²) in [6.07, 6.45) is 4.27. The largest absolute Gasteiger partial charge is 0.478 e. The maximum absolute atomic E-state index is 10.4. The van der Waals surface area contributed by atoms with E-state index in [0.717, 1.165) is 27.0 Å². The van der Waals surface area contributed by atoms with Crippen molar-refractivity contribution in [1.29, 1.82) is 0 Å². The second-order valence-electron chi connectivity index (χ2n) is 3.28. The number of hydrogen-bond donors (Lipinski definition) is 1. The maximum atomic E-state index is 10.4. The van der Waals surface area contributed by atoms with E-state index < -0.39 is 5.97 Å². The fraction of sp³-hybridized carbons (Fsp3) is 0. The van der Waals surface area contributed by atoms with E-state index in [1.54, 1.807) is 6.20 Å². The molecule has 0 saturated carbocycles. The molecule has 0 atom stereocenters. The first kappa shape index (κ1) is 10.8. The molecule has 0 saturated heterocycles.